The quantitative estimate of drug-likeness (QED) is 0.741. The first-order valence-corrected chi connectivity index (χ1v) is 7.84. The van der Waals surface area contributed by atoms with E-state index in [1.165, 1.54) is 11.1 Å². The van der Waals surface area contributed by atoms with Crippen LogP contribution in [0.4, 0.5) is 5.69 Å². The van der Waals surface area contributed by atoms with Crippen molar-refractivity contribution in [2.45, 2.75) is 6.42 Å². The Hall–Kier alpha value is -3.20. The summed E-state index contributed by atoms with van der Waals surface area (Å²) in [6.45, 7) is 0. The monoisotopic (exact) mass is 313 g/mol. The zero-order valence-corrected chi connectivity index (χ0v) is 13.0. The van der Waals surface area contributed by atoms with Crippen molar-refractivity contribution in [2.75, 3.05) is 5.32 Å². The Kier molecular flexibility index (Phi) is 3.47. The molecule has 0 fully saturated rings. The van der Waals surface area contributed by atoms with Crippen LogP contribution < -0.4 is 5.32 Å². The predicted molar refractivity (Wildman–Crippen MR) is 94.1 cm³/mol. The van der Waals surface area contributed by atoms with Gasteiger partial charge >= 0.3 is 0 Å². The van der Waals surface area contributed by atoms with Gasteiger partial charge in [0.25, 0.3) is 11.7 Å². The molecule has 0 spiro atoms. The zero-order chi connectivity index (χ0) is 16.5. The molecule has 0 saturated heterocycles. The van der Waals surface area contributed by atoms with Crippen LogP contribution in [0.5, 0.6) is 0 Å². The molecule has 24 heavy (non-hydrogen) atoms. The molecule has 1 aliphatic rings. The number of fused-ring (bicyclic) bond motifs is 1. The summed E-state index contributed by atoms with van der Waals surface area (Å²) in [4.78, 5) is 23.4. The maximum absolute atomic E-state index is 11.8. The number of anilines is 1. The van der Waals surface area contributed by atoms with E-state index in [0.717, 1.165) is 11.1 Å². The lowest BCUT2D eigenvalue weighted by Crippen LogP contribution is -2.12. The highest BCUT2D eigenvalue weighted by molar-refractivity contribution is 6.51. The van der Waals surface area contributed by atoms with Crippen molar-refractivity contribution < 1.29 is 9.59 Å². The van der Waals surface area contributed by atoms with Crippen LogP contribution in [0.15, 0.2) is 72.8 Å². The van der Waals surface area contributed by atoms with Gasteiger partial charge in [-0.2, -0.15) is 0 Å². The maximum atomic E-state index is 11.8. The Morgan fingerprint density at radius 2 is 1.42 bits per heavy atom. The fourth-order valence-electron chi connectivity index (χ4n) is 3.04. The van der Waals surface area contributed by atoms with Crippen molar-refractivity contribution in [1.29, 1.82) is 0 Å². The summed E-state index contributed by atoms with van der Waals surface area (Å²) in [6, 6.07) is 24.0. The molecular weight excluding hydrogens is 298 g/mol. The van der Waals surface area contributed by atoms with Crippen LogP contribution in [-0.2, 0) is 11.2 Å². The molecule has 116 valence electrons. The molecule has 1 aliphatic heterocycles. The summed E-state index contributed by atoms with van der Waals surface area (Å²) in [6.07, 6.45) is 0.672. The van der Waals surface area contributed by atoms with Gasteiger partial charge in [-0.1, -0.05) is 66.7 Å². The fourth-order valence-corrected chi connectivity index (χ4v) is 3.04. The Morgan fingerprint density at radius 1 is 0.708 bits per heavy atom. The zero-order valence-electron chi connectivity index (χ0n) is 13.0. The molecular formula is C21H15NO2. The molecule has 0 unspecified atom stereocenters. The summed E-state index contributed by atoms with van der Waals surface area (Å²) >= 11 is 0. The van der Waals surface area contributed by atoms with E-state index < -0.39 is 11.7 Å². The molecule has 0 saturated carbocycles. The van der Waals surface area contributed by atoms with Crippen molar-refractivity contribution >= 4 is 17.4 Å². The lowest BCUT2D eigenvalue weighted by molar-refractivity contribution is -0.112. The van der Waals surface area contributed by atoms with Crippen molar-refractivity contribution in [1.82, 2.24) is 0 Å². The summed E-state index contributed by atoms with van der Waals surface area (Å²) in [5.74, 6) is -0.997. The molecule has 1 heterocycles. The summed E-state index contributed by atoms with van der Waals surface area (Å²) in [5, 5.41) is 2.68. The number of nitrogens with one attached hydrogen (secondary N) is 1. The van der Waals surface area contributed by atoms with E-state index in [1.54, 1.807) is 6.07 Å². The van der Waals surface area contributed by atoms with Crippen molar-refractivity contribution in [3.8, 4) is 11.1 Å². The minimum atomic E-state index is -0.545. The molecule has 0 aromatic heterocycles. The average molecular weight is 313 g/mol. The third-order valence-electron chi connectivity index (χ3n) is 4.30. The average Bonchev–Trinajstić information content (AvgIpc) is 2.92. The number of carbonyl (C=O) groups excluding carboxylic acids is 2. The number of amides is 1. The third-order valence-corrected chi connectivity index (χ3v) is 4.30. The van der Waals surface area contributed by atoms with Crippen LogP contribution in [0.2, 0.25) is 0 Å². The van der Waals surface area contributed by atoms with Gasteiger partial charge in [-0.15, -0.1) is 0 Å². The highest BCUT2D eigenvalue weighted by Gasteiger charge is 2.29. The van der Waals surface area contributed by atoms with Gasteiger partial charge in [0, 0.05) is 0 Å². The van der Waals surface area contributed by atoms with Crippen molar-refractivity contribution in [2.24, 2.45) is 0 Å². The fraction of sp³-hybridized carbons (Fsp3) is 0.0476. The van der Waals surface area contributed by atoms with Crippen LogP contribution in [0.3, 0.4) is 0 Å². The minimum Gasteiger partial charge on any atom is -0.318 e. The number of para-hydroxylation sites is 1. The second kappa shape index (κ2) is 5.78. The SMILES string of the molecule is O=C1Nc2c(Cc3ccc(-c4ccccc4)cc3)cccc2C1=O. The lowest BCUT2D eigenvalue weighted by Gasteiger charge is -2.08. The van der Waals surface area contributed by atoms with E-state index >= 15 is 0 Å². The van der Waals surface area contributed by atoms with Crippen LogP contribution in [0, 0.1) is 0 Å². The Labute approximate surface area is 140 Å². The number of rotatable bonds is 3. The molecule has 1 amide bonds. The maximum Gasteiger partial charge on any atom is 0.296 e. The minimum absolute atomic E-state index is 0.453. The Balaban J connectivity index is 1.61. The number of hydrogen-bond acceptors (Lipinski definition) is 2. The van der Waals surface area contributed by atoms with E-state index in [0.29, 0.717) is 17.7 Å². The van der Waals surface area contributed by atoms with Gasteiger partial charge in [-0.25, -0.2) is 0 Å². The Bertz CT molecular complexity index is 928. The molecule has 4 rings (SSSR count). The number of benzene rings is 3. The smallest absolute Gasteiger partial charge is 0.296 e. The van der Waals surface area contributed by atoms with Crippen LogP contribution >= 0.6 is 0 Å². The molecule has 3 nitrogen and oxygen atoms in total. The normalized spacial score (nSPS) is 12.8. The largest absolute Gasteiger partial charge is 0.318 e. The summed E-state index contributed by atoms with van der Waals surface area (Å²) in [5.41, 5.74) is 5.57. The van der Waals surface area contributed by atoms with Gasteiger partial charge in [0.1, 0.15) is 0 Å². The number of Topliss-reactive ketones (excluding diaryl/α,β-unsaturated/α-hetero) is 1. The summed E-state index contributed by atoms with van der Waals surface area (Å²) < 4.78 is 0. The van der Waals surface area contributed by atoms with Crippen LogP contribution in [0.25, 0.3) is 11.1 Å². The van der Waals surface area contributed by atoms with Gasteiger partial charge in [0.05, 0.1) is 11.3 Å². The number of carbonyl (C=O) groups is 2. The second-order valence-corrected chi connectivity index (χ2v) is 5.86. The highest BCUT2D eigenvalue weighted by atomic mass is 16.2. The van der Waals surface area contributed by atoms with E-state index in [1.807, 2.05) is 30.3 Å². The standard InChI is InChI=1S/C21H15NO2/c23-20-18-8-4-7-17(19(18)22-21(20)24)13-14-9-11-16(12-10-14)15-5-2-1-3-6-15/h1-12H,13H2,(H,22,23,24). The highest BCUT2D eigenvalue weighted by Crippen LogP contribution is 2.29. The van der Waals surface area contributed by atoms with Gasteiger partial charge in [0.2, 0.25) is 0 Å². The van der Waals surface area contributed by atoms with Crippen LogP contribution in [0.1, 0.15) is 21.5 Å². The third kappa shape index (κ3) is 2.50. The molecule has 3 aromatic rings. The molecule has 1 N–H and O–H groups in total. The van der Waals surface area contributed by atoms with Gasteiger partial charge < -0.3 is 5.32 Å². The molecule has 3 aromatic carbocycles. The van der Waals surface area contributed by atoms with Gasteiger partial charge in [0.15, 0.2) is 0 Å². The first-order valence-electron chi connectivity index (χ1n) is 7.84. The van der Waals surface area contributed by atoms with E-state index in [-0.39, 0.29) is 0 Å². The molecule has 0 bridgehead atoms. The van der Waals surface area contributed by atoms with E-state index in [2.05, 4.69) is 41.7 Å². The van der Waals surface area contributed by atoms with Gasteiger partial charge in [-0.05, 0) is 34.7 Å². The molecule has 3 heteroatoms. The topological polar surface area (TPSA) is 46.2 Å². The molecule has 0 aliphatic carbocycles. The predicted octanol–water partition coefficient (Wildman–Crippen LogP) is 4.08. The number of hydrogen-bond donors (Lipinski definition) is 1. The summed E-state index contributed by atoms with van der Waals surface area (Å²) in [7, 11) is 0. The van der Waals surface area contributed by atoms with Crippen molar-refractivity contribution in [3.63, 3.8) is 0 Å². The lowest BCUT2D eigenvalue weighted by atomic mass is 9.98. The van der Waals surface area contributed by atoms with E-state index in [9.17, 15) is 9.59 Å². The molecule has 0 atom stereocenters. The molecule has 0 radical (unpaired) electrons. The first kappa shape index (κ1) is 14.4. The second-order valence-electron chi connectivity index (χ2n) is 5.86. The van der Waals surface area contributed by atoms with Crippen LogP contribution in [-0.4, -0.2) is 11.7 Å². The Morgan fingerprint density at radius 3 is 2.17 bits per heavy atom. The van der Waals surface area contributed by atoms with E-state index in [4.69, 9.17) is 0 Å². The first-order chi connectivity index (χ1) is 11.7. The number of ketones is 1. The van der Waals surface area contributed by atoms with Crippen molar-refractivity contribution in [3.05, 3.63) is 89.5 Å². The van der Waals surface area contributed by atoms with Gasteiger partial charge in [-0.3, -0.25) is 9.59 Å².